The van der Waals surface area contributed by atoms with E-state index in [2.05, 4.69) is 10.1 Å². The van der Waals surface area contributed by atoms with Gasteiger partial charge in [-0.25, -0.2) is 4.79 Å². The van der Waals surface area contributed by atoms with Crippen molar-refractivity contribution < 1.29 is 19.1 Å². The molecule has 0 aliphatic carbocycles. The molecule has 0 atom stereocenters. The number of amides is 1. The van der Waals surface area contributed by atoms with Gasteiger partial charge in [0.05, 0.1) is 7.11 Å². The number of anilines is 1. The first-order valence-electron chi connectivity index (χ1n) is 5.95. The number of benzene rings is 1. The van der Waals surface area contributed by atoms with Crippen molar-refractivity contribution in [2.24, 2.45) is 0 Å². The number of nitrogens with two attached hydrogens (primary N) is 1. The van der Waals surface area contributed by atoms with Crippen LogP contribution in [0.25, 0.3) is 0 Å². The van der Waals surface area contributed by atoms with Crippen molar-refractivity contribution in [3.05, 3.63) is 23.8 Å². The van der Waals surface area contributed by atoms with Crippen molar-refractivity contribution >= 4 is 17.6 Å². The van der Waals surface area contributed by atoms with Crippen LogP contribution in [0.3, 0.4) is 0 Å². The van der Waals surface area contributed by atoms with Gasteiger partial charge in [-0.3, -0.25) is 4.79 Å². The molecule has 1 aromatic carbocycles. The Kier molecular flexibility index (Phi) is 5.66. The molecule has 6 heteroatoms. The zero-order valence-corrected chi connectivity index (χ0v) is 11.1. The monoisotopic (exact) mass is 266 g/mol. The van der Waals surface area contributed by atoms with Crippen LogP contribution in [0, 0.1) is 0 Å². The SMILES string of the molecule is CCCNC(=O)COc1cc(N)ccc1C(=O)OC. The molecule has 0 heterocycles. The van der Waals surface area contributed by atoms with E-state index in [1.807, 2.05) is 6.92 Å². The molecular formula is C13H18N2O4. The lowest BCUT2D eigenvalue weighted by Crippen LogP contribution is -2.29. The Labute approximate surface area is 111 Å². The smallest absolute Gasteiger partial charge is 0.341 e. The third kappa shape index (κ3) is 4.50. The van der Waals surface area contributed by atoms with E-state index in [0.717, 1.165) is 6.42 Å². The number of hydrogen-bond acceptors (Lipinski definition) is 5. The highest BCUT2D eigenvalue weighted by molar-refractivity contribution is 5.93. The number of nitrogen functional groups attached to an aromatic ring is 1. The third-order valence-electron chi connectivity index (χ3n) is 2.34. The molecule has 1 aromatic rings. The molecule has 1 rings (SSSR count). The molecule has 3 N–H and O–H groups in total. The van der Waals surface area contributed by atoms with Gasteiger partial charge in [-0.2, -0.15) is 0 Å². The van der Waals surface area contributed by atoms with Gasteiger partial charge >= 0.3 is 5.97 Å². The van der Waals surface area contributed by atoms with Crippen molar-refractivity contribution in [3.8, 4) is 5.75 Å². The Hall–Kier alpha value is -2.24. The van der Waals surface area contributed by atoms with E-state index in [1.165, 1.54) is 19.2 Å². The Morgan fingerprint density at radius 1 is 1.37 bits per heavy atom. The fourth-order valence-electron chi connectivity index (χ4n) is 1.40. The van der Waals surface area contributed by atoms with E-state index in [1.54, 1.807) is 6.07 Å². The maximum atomic E-state index is 11.5. The highest BCUT2D eigenvalue weighted by atomic mass is 16.5. The lowest BCUT2D eigenvalue weighted by Gasteiger charge is -2.11. The van der Waals surface area contributed by atoms with Gasteiger partial charge in [0, 0.05) is 18.3 Å². The van der Waals surface area contributed by atoms with Crippen molar-refractivity contribution in [1.82, 2.24) is 5.32 Å². The molecule has 19 heavy (non-hydrogen) atoms. The predicted octanol–water partition coefficient (Wildman–Crippen LogP) is 0.960. The van der Waals surface area contributed by atoms with Crippen LogP contribution in [-0.4, -0.2) is 32.1 Å². The lowest BCUT2D eigenvalue weighted by atomic mass is 10.2. The van der Waals surface area contributed by atoms with Crippen molar-refractivity contribution in [3.63, 3.8) is 0 Å². The summed E-state index contributed by atoms with van der Waals surface area (Å²) in [6.07, 6.45) is 0.845. The van der Waals surface area contributed by atoms with Crippen molar-refractivity contribution in [1.29, 1.82) is 0 Å². The Morgan fingerprint density at radius 3 is 2.74 bits per heavy atom. The maximum Gasteiger partial charge on any atom is 0.341 e. The number of carbonyl (C=O) groups is 2. The second kappa shape index (κ2) is 7.25. The predicted molar refractivity (Wildman–Crippen MR) is 71.0 cm³/mol. The molecule has 0 unspecified atom stereocenters. The number of rotatable bonds is 6. The third-order valence-corrected chi connectivity index (χ3v) is 2.34. The largest absolute Gasteiger partial charge is 0.483 e. The second-order valence-electron chi connectivity index (χ2n) is 3.89. The second-order valence-corrected chi connectivity index (χ2v) is 3.89. The van der Waals surface area contributed by atoms with Crippen LogP contribution in [0.5, 0.6) is 5.75 Å². The Bertz CT molecular complexity index is 460. The van der Waals surface area contributed by atoms with E-state index < -0.39 is 5.97 Å². The highest BCUT2D eigenvalue weighted by Gasteiger charge is 2.14. The summed E-state index contributed by atoms with van der Waals surface area (Å²) in [7, 11) is 1.27. The molecule has 0 saturated heterocycles. The van der Waals surface area contributed by atoms with Gasteiger partial charge in [0.1, 0.15) is 11.3 Å². The fourth-order valence-corrected chi connectivity index (χ4v) is 1.40. The van der Waals surface area contributed by atoms with Gasteiger partial charge < -0.3 is 20.5 Å². The first-order valence-corrected chi connectivity index (χ1v) is 5.95. The number of methoxy groups -OCH3 is 1. The average Bonchev–Trinajstić information content (AvgIpc) is 2.42. The van der Waals surface area contributed by atoms with Crippen LogP contribution in [0.2, 0.25) is 0 Å². The number of carbonyl (C=O) groups excluding carboxylic acids is 2. The normalized spacial score (nSPS) is 9.79. The summed E-state index contributed by atoms with van der Waals surface area (Å²) < 4.78 is 9.94. The van der Waals surface area contributed by atoms with Gasteiger partial charge in [0.15, 0.2) is 6.61 Å². The molecule has 0 bridgehead atoms. The topological polar surface area (TPSA) is 90.6 Å². The maximum absolute atomic E-state index is 11.5. The molecule has 0 spiro atoms. The van der Waals surface area contributed by atoms with Crippen LogP contribution < -0.4 is 15.8 Å². The minimum absolute atomic E-state index is 0.173. The molecule has 0 fully saturated rings. The van der Waals surface area contributed by atoms with E-state index in [-0.39, 0.29) is 23.8 Å². The van der Waals surface area contributed by atoms with E-state index in [4.69, 9.17) is 10.5 Å². The molecule has 0 aromatic heterocycles. The Morgan fingerprint density at radius 2 is 2.11 bits per heavy atom. The van der Waals surface area contributed by atoms with Crippen molar-refractivity contribution in [2.45, 2.75) is 13.3 Å². The molecule has 1 amide bonds. The highest BCUT2D eigenvalue weighted by Crippen LogP contribution is 2.22. The molecule has 0 aliphatic heterocycles. The summed E-state index contributed by atoms with van der Waals surface area (Å²) in [6, 6.07) is 4.55. The van der Waals surface area contributed by atoms with Crippen LogP contribution in [0.1, 0.15) is 23.7 Å². The molecular weight excluding hydrogens is 248 g/mol. The summed E-state index contributed by atoms with van der Waals surface area (Å²) in [4.78, 5) is 22.9. The quantitative estimate of drug-likeness (QED) is 0.591. The van der Waals surface area contributed by atoms with Gasteiger partial charge in [0.25, 0.3) is 5.91 Å². The first-order chi connectivity index (χ1) is 9.08. The van der Waals surface area contributed by atoms with Crippen LogP contribution in [0.4, 0.5) is 5.69 Å². The van der Waals surface area contributed by atoms with Gasteiger partial charge in [-0.1, -0.05) is 6.92 Å². The average molecular weight is 266 g/mol. The number of esters is 1. The summed E-state index contributed by atoms with van der Waals surface area (Å²) in [5.74, 6) is -0.553. The van der Waals surface area contributed by atoms with E-state index in [9.17, 15) is 9.59 Å². The van der Waals surface area contributed by atoms with E-state index >= 15 is 0 Å². The number of hydrogen-bond donors (Lipinski definition) is 2. The molecule has 0 aliphatic rings. The molecule has 104 valence electrons. The summed E-state index contributed by atoms with van der Waals surface area (Å²) in [6.45, 7) is 2.37. The zero-order chi connectivity index (χ0) is 14.3. The summed E-state index contributed by atoms with van der Waals surface area (Å²) in [5.41, 5.74) is 6.30. The zero-order valence-electron chi connectivity index (χ0n) is 11.1. The minimum Gasteiger partial charge on any atom is -0.483 e. The minimum atomic E-state index is -0.538. The lowest BCUT2D eigenvalue weighted by molar-refractivity contribution is -0.123. The Balaban J connectivity index is 2.73. The van der Waals surface area contributed by atoms with Gasteiger partial charge in [-0.05, 0) is 18.6 Å². The van der Waals surface area contributed by atoms with Crippen LogP contribution in [-0.2, 0) is 9.53 Å². The standard InChI is InChI=1S/C13H18N2O4/c1-3-6-15-12(16)8-19-11-7-9(14)4-5-10(11)13(17)18-2/h4-5,7H,3,6,8,14H2,1-2H3,(H,15,16). The fraction of sp³-hybridized carbons (Fsp3) is 0.385. The number of nitrogens with one attached hydrogen (secondary N) is 1. The summed E-state index contributed by atoms with van der Waals surface area (Å²) in [5, 5.41) is 2.67. The molecule has 0 radical (unpaired) electrons. The molecule has 6 nitrogen and oxygen atoms in total. The first kappa shape index (κ1) is 14.8. The molecule has 0 saturated carbocycles. The van der Waals surface area contributed by atoms with Crippen LogP contribution >= 0.6 is 0 Å². The number of ether oxygens (including phenoxy) is 2. The summed E-state index contributed by atoms with van der Waals surface area (Å²) >= 11 is 0. The van der Waals surface area contributed by atoms with Crippen LogP contribution in [0.15, 0.2) is 18.2 Å². The van der Waals surface area contributed by atoms with E-state index in [0.29, 0.717) is 12.2 Å². The van der Waals surface area contributed by atoms with Gasteiger partial charge in [-0.15, -0.1) is 0 Å². The van der Waals surface area contributed by atoms with Gasteiger partial charge in [0.2, 0.25) is 0 Å². The van der Waals surface area contributed by atoms with Crippen molar-refractivity contribution in [2.75, 3.05) is 26.0 Å².